The first-order valence-corrected chi connectivity index (χ1v) is 8.72. The molecule has 2 aromatic heterocycles. The highest BCUT2D eigenvalue weighted by molar-refractivity contribution is 8.00. The molecule has 0 bridgehead atoms. The maximum absolute atomic E-state index is 12.8. The zero-order chi connectivity index (χ0) is 17.4. The summed E-state index contributed by atoms with van der Waals surface area (Å²) in [6.45, 7) is 9.75. The van der Waals surface area contributed by atoms with E-state index < -0.39 is 0 Å². The Morgan fingerprint density at radius 1 is 1.12 bits per heavy atom. The number of Topliss-reactive ketones (excluding diaryl/α,β-unsaturated/α-hetero) is 1. The van der Waals surface area contributed by atoms with Crippen molar-refractivity contribution < 1.29 is 4.79 Å². The summed E-state index contributed by atoms with van der Waals surface area (Å²) in [5, 5.41) is 4.77. The lowest BCUT2D eigenvalue weighted by Crippen LogP contribution is -2.15. The third-order valence-electron chi connectivity index (χ3n) is 3.91. The van der Waals surface area contributed by atoms with Crippen molar-refractivity contribution in [1.29, 1.82) is 0 Å². The van der Waals surface area contributed by atoms with E-state index in [1.54, 1.807) is 4.52 Å². The average Bonchev–Trinajstić information content (AvgIpc) is 2.91. The lowest BCUT2D eigenvalue weighted by atomic mass is 10.0. The van der Waals surface area contributed by atoms with Crippen molar-refractivity contribution in [2.45, 2.75) is 45.0 Å². The lowest BCUT2D eigenvalue weighted by molar-refractivity contribution is 0.0993. The standard InChI is InChI=1S/C18H20N4OS/c1-10-6-7-11(2)15(8-10)16(23)14(5)24-18-20-17-19-12(3)9-13(4)22(17)21-18/h6-9,14H,1-5H3/t14-/m1/s1. The van der Waals surface area contributed by atoms with E-state index in [0.29, 0.717) is 10.9 Å². The first-order valence-electron chi connectivity index (χ1n) is 7.84. The molecule has 0 fully saturated rings. The molecule has 0 saturated heterocycles. The van der Waals surface area contributed by atoms with Crippen LogP contribution >= 0.6 is 11.8 Å². The van der Waals surface area contributed by atoms with Gasteiger partial charge in [-0.15, -0.1) is 5.10 Å². The van der Waals surface area contributed by atoms with Gasteiger partial charge in [0.2, 0.25) is 5.16 Å². The third-order valence-corrected chi connectivity index (χ3v) is 4.86. The van der Waals surface area contributed by atoms with Crippen molar-refractivity contribution in [3.8, 4) is 0 Å². The molecule has 0 aliphatic rings. The first kappa shape index (κ1) is 16.6. The van der Waals surface area contributed by atoms with Gasteiger partial charge in [-0.1, -0.05) is 29.5 Å². The quantitative estimate of drug-likeness (QED) is 0.535. The van der Waals surface area contributed by atoms with Crippen LogP contribution in [0, 0.1) is 27.7 Å². The molecule has 0 aliphatic heterocycles. The minimum absolute atomic E-state index is 0.0981. The second-order valence-corrected chi connectivity index (χ2v) is 7.40. The molecule has 3 aromatic rings. The summed E-state index contributed by atoms with van der Waals surface area (Å²) in [5.41, 5.74) is 4.73. The van der Waals surface area contributed by atoms with E-state index in [4.69, 9.17) is 0 Å². The summed E-state index contributed by atoms with van der Waals surface area (Å²) in [5.74, 6) is 0.669. The third kappa shape index (κ3) is 3.19. The normalized spacial score (nSPS) is 12.5. The number of rotatable bonds is 4. The van der Waals surface area contributed by atoms with Gasteiger partial charge in [0.1, 0.15) is 0 Å². The number of aromatic nitrogens is 4. The van der Waals surface area contributed by atoms with Gasteiger partial charge in [-0.2, -0.15) is 4.98 Å². The Balaban J connectivity index is 1.86. The van der Waals surface area contributed by atoms with Crippen LogP contribution in [0.5, 0.6) is 0 Å². The fraction of sp³-hybridized carbons (Fsp3) is 0.333. The smallest absolute Gasteiger partial charge is 0.253 e. The van der Waals surface area contributed by atoms with Crippen LogP contribution in [0.2, 0.25) is 0 Å². The fourth-order valence-corrected chi connectivity index (χ4v) is 3.44. The zero-order valence-corrected chi connectivity index (χ0v) is 15.3. The molecule has 0 aliphatic carbocycles. The van der Waals surface area contributed by atoms with E-state index in [2.05, 4.69) is 15.1 Å². The largest absolute Gasteiger partial charge is 0.293 e. The van der Waals surface area contributed by atoms with Crippen LogP contribution in [0.3, 0.4) is 0 Å². The molecule has 2 heterocycles. The Bertz CT molecular complexity index is 932. The molecule has 0 spiro atoms. The predicted molar refractivity (Wildman–Crippen MR) is 95.8 cm³/mol. The van der Waals surface area contributed by atoms with Crippen LogP contribution in [-0.2, 0) is 0 Å². The second-order valence-electron chi connectivity index (χ2n) is 6.09. The summed E-state index contributed by atoms with van der Waals surface area (Å²) < 4.78 is 1.71. The topological polar surface area (TPSA) is 60.2 Å². The summed E-state index contributed by atoms with van der Waals surface area (Å²) >= 11 is 1.37. The molecule has 3 rings (SSSR count). The van der Waals surface area contributed by atoms with Crippen molar-refractivity contribution in [1.82, 2.24) is 19.6 Å². The van der Waals surface area contributed by atoms with Gasteiger partial charge >= 0.3 is 0 Å². The van der Waals surface area contributed by atoms with Gasteiger partial charge in [0.05, 0.1) is 5.25 Å². The molecule has 0 amide bonds. The molecule has 1 atom stereocenters. The zero-order valence-electron chi connectivity index (χ0n) is 14.5. The Labute approximate surface area is 145 Å². The number of carbonyl (C=O) groups excluding carboxylic acids is 1. The van der Waals surface area contributed by atoms with Crippen LogP contribution in [0.25, 0.3) is 5.78 Å². The Morgan fingerprint density at radius 2 is 1.88 bits per heavy atom. The van der Waals surface area contributed by atoms with Gasteiger partial charge in [0, 0.05) is 17.0 Å². The number of ketones is 1. The number of thioether (sulfide) groups is 1. The Kier molecular flexibility index (Phi) is 4.41. The van der Waals surface area contributed by atoms with Crippen molar-refractivity contribution in [3.05, 3.63) is 52.3 Å². The SMILES string of the molecule is Cc1ccc(C)c(C(=O)[C@@H](C)Sc2nc3nc(C)cc(C)n3n2)c1. The molecule has 0 unspecified atom stereocenters. The van der Waals surface area contributed by atoms with Crippen LogP contribution in [0.1, 0.15) is 39.8 Å². The molecular weight excluding hydrogens is 320 g/mol. The summed E-state index contributed by atoms with van der Waals surface area (Å²) in [6.07, 6.45) is 0. The van der Waals surface area contributed by atoms with Gasteiger partial charge in [-0.3, -0.25) is 4.79 Å². The van der Waals surface area contributed by atoms with Gasteiger partial charge in [-0.25, -0.2) is 9.50 Å². The van der Waals surface area contributed by atoms with Crippen LogP contribution in [0.15, 0.2) is 29.4 Å². The highest BCUT2D eigenvalue weighted by Gasteiger charge is 2.21. The number of fused-ring (bicyclic) bond motifs is 1. The van der Waals surface area contributed by atoms with Gasteiger partial charge in [-0.05, 0) is 52.3 Å². The molecule has 0 saturated carbocycles. The number of hydrogen-bond donors (Lipinski definition) is 0. The monoisotopic (exact) mass is 340 g/mol. The van der Waals surface area contributed by atoms with E-state index in [9.17, 15) is 4.79 Å². The van der Waals surface area contributed by atoms with Crippen molar-refractivity contribution in [2.24, 2.45) is 0 Å². The van der Waals surface area contributed by atoms with Gasteiger partial charge < -0.3 is 0 Å². The van der Waals surface area contributed by atoms with Gasteiger partial charge in [0.15, 0.2) is 5.78 Å². The average molecular weight is 340 g/mol. The number of aryl methyl sites for hydroxylation is 4. The molecule has 24 heavy (non-hydrogen) atoms. The van der Waals surface area contributed by atoms with Crippen molar-refractivity contribution in [3.63, 3.8) is 0 Å². The Hall–Kier alpha value is -2.21. The predicted octanol–water partition coefficient (Wildman–Crippen LogP) is 3.72. The maximum Gasteiger partial charge on any atom is 0.253 e. The first-order chi connectivity index (χ1) is 11.3. The number of benzene rings is 1. The van der Waals surface area contributed by atoms with Gasteiger partial charge in [0.25, 0.3) is 5.78 Å². The van der Waals surface area contributed by atoms with E-state index in [0.717, 1.165) is 28.1 Å². The minimum Gasteiger partial charge on any atom is -0.293 e. The number of nitrogens with zero attached hydrogens (tertiary/aromatic N) is 4. The van der Waals surface area contributed by atoms with Crippen molar-refractivity contribution >= 4 is 23.3 Å². The van der Waals surface area contributed by atoms with E-state index in [1.807, 2.05) is 58.9 Å². The highest BCUT2D eigenvalue weighted by atomic mass is 32.2. The van der Waals surface area contributed by atoms with Crippen LogP contribution in [0.4, 0.5) is 0 Å². The Morgan fingerprint density at radius 3 is 2.62 bits per heavy atom. The second kappa shape index (κ2) is 6.36. The molecule has 0 N–H and O–H groups in total. The molecule has 5 nitrogen and oxygen atoms in total. The van der Waals surface area contributed by atoms with Crippen LogP contribution < -0.4 is 0 Å². The molecule has 124 valence electrons. The summed E-state index contributed by atoms with van der Waals surface area (Å²) in [7, 11) is 0. The maximum atomic E-state index is 12.8. The summed E-state index contributed by atoms with van der Waals surface area (Å²) in [4.78, 5) is 21.6. The lowest BCUT2D eigenvalue weighted by Gasteiger charge is -2.11. The van der Waals surface area contributed by atoms with E-state index in [-0.39, 0.29) is 11.0 Å². The van der Waals surface area contributed by atoms with E-state index in [1.165, 1.54) is 11.8 Å². The summed E-state index contributed by atoms with van der Waals surface area (Å²) in [6, 6.07) is 7.91. The number of carbonyl (C=O) groups is 1. The minimum atomic E-state index is -0.260. The molecule has 6 heteroatoms. The van der Waals surface area contributed by atoms with Crippen molar-refractivity contribution in [2.75, 3.05) is 0 Å². The molecular formula is C18H20N4OS. The number of hydrogen-bond acceptors (Lipinski definition) is 5. The fourth-order valence-electron chi connectivity index (χ4n) is 2.63. The van der Waals surface area contributed by atoms with Crippen LogP contribution in [-0.4, -0.2) is 30.6 Å². The highest BCUT2D eigenvalue weighted by Crippen LogP contribution is 2.25. The molecule has 1 aromatic carbocycles. The molecule has 0 radical (unpaired) electrons. The van der Waals surface area contributed by atoms with E-state index >= 15 is 0 Å².